The van der Waals surface area contributed by atoms with E-state index in [1.54, 1.807) is 32.1 Å². The SMILES string of the molecule is CCOC(=O)[C@H](O)CC(C)=C=CC[C@@H](O)c1cc(Br)ccc1O. The number of esters is 1. The van der Waals surface area contributed by atoms with E-state index >= 15 is 0 Å². The molecule has 0 aliphatic carbocycles. The van der Waals surface area contributed by atoms with Gasteiger partial charge in [0.1, 0.15) is 5.75 Å². The van der Waals surface area contributed by atoms with E-state index in [4.69, 9.17) is 4.74 Å². The third-order valence-electron chi connectivity index (χ3n) is 3.10. The maximum Gasteiger partial charge on any atom is 0.335 e. The zero-order valence-electron chi connectivity index (χ0n) is 13.1. The number of ether oxygens (including phenoxy) is 1. The summed E-state index contributed by atoms with van der Waals surface area (Å²) >= 11 is 3.29. The lowest BCUT2D eigenvalue weighted by Crippen LogP contribution is -2.23. The van der Waals surface area contributed by atoms with Crippen molar-refractivity contribution in [3.63, 3.8) is 0 Å². The molecule has 1 rings (SSSR count). The second-order valence-electron chi connectivity index (χ2n) is 5.06. The standard InChI is InChI=1S/C17H21BrO5/c1-3-23-17(22)16(21)9-11(2)5-4-6-14(19)13-10-12(18)7-8-15(13)20/h4,7-8,10,14,16,19-21H,3,6,9H2,1-2H3/t5?,14-,16-/m1/s1. The number of phenols is 1. The summed E-state index contributed by atoms with van der Waals surface area (Å²) in [4.78, 5) is 11.3. The number of aliphatic hydroxyl groups is 2. The number of carbonyl (C=O) groups is 1. The molecule has 0 saturated carbocycles. The molecule has 0 aromatic heterocycles. The van der Waals surface area contributed by atoms with Crippen molar-refractivity contribution in [2.75, 3.05) is 6.61 Å². The van der Waals surface area contributed by atoms with Crippen LogP contribution in [0.25, 0.3) is 0 Å². The Morgan fingerprint density at radius 3 is 2.78 bits per heavy atom. The van der Waals surface area contributed by atoms with Gasteiger partial charge in [-0.3, -0.25) is 0 Å². The summed E-state index contributed by atoms with van der Waals surface area (Å²) in [7, 11) is 0. The fraction of sp³-hybridized carbons (Fsp3) is 0.412. The molecular weight excluding hydrogens is 364 g/mol. The van der Waals surface area contributed by atoms with Crippen LogP contribution in [0.1, 0.15) is 38.4 Å². The second-order valence-corrected chi connectivity index (χ2v) is 5.97. The van der Waals surface area contributed by atoms with Gasteiger partial charge in [0.25, 0.3) is 0 Å². The van der Waals surface area contributed by atoms with Gasteiger partial charge in [0.2, 0.25) is 0 Å². The first-order valence-corrected chi connectivity index (χ1v) is 8.06. The van der Waals surface area contributed by atoms with Crippen LogP contribution in [-0.2, 0) is 9.53 Å². The molecule has 23 heavy (non-hydrogen) atoms. The minimum absolute atomic E-state index is 0.0209. The van der Waals surface area contributed by atoms with Crippen LogP contribution in [0.4, 0.5) is 0 Å². The van der Waals surface area contributed by atoms with E-state index in [0.29, 0.717) is 11.1 Å². The van der Waals surface area contributed by atoms with Crippen molar-refractivity contribution in [2.24, 2.45) is 0 Å². The van der Waals surface area contributed by atoms with Crippen LogP contribution in [0.2, 0.25) is 0 Å². The minimum Gasteiger partial charge on any atom is -0.508 e. The first-order chi connectivity index (χ1) is 10.8. The van der Waals surface area contributed by atoms with E-state index in [1.807, 2.05) is 0 Å². The molecule has 126 valence electrons. The van der Waals surface area contributed by atoms with Gasteiger partial charge in [0, 0.05) is 22.9 Å². The number of carbonyl (C=O) groups excluding carboxylic acids is 1. The zero-order chi connectivity index (χ0) is 17.4. The van der Waals surface area contributed by atoms with Crippen molar-refractivity contribution in [3.8, 4) is 5.75 Å². The number of phenolic OH excluding ortho intramolecular Hbond substituents is 1. The van der Waals surface area contributed by atoms with Crippen molar-refractivity contribution >= 4 is 21.9 Å². The van der Waals surface area contributed by atoms with E-state index in [2.05, 4.69) is 21.7 Å². The smallest absolute Gasteiger partial charge is 0.335 e. The monoisotopic (exact) mass is 384 g/mol. The second kappa shape index (κ2) is 9.53. The van der Waals surface area contributed by atoms with Crippen molar-refractivity contribution in [1.29, 1.82) is 0 Å². The number of aromatic hydroxyl groups is 1. The van der Waals surface area contributed by atoms with Gasteiger partial charge >= 0.3 is 5.97 Å². The number of hydrogen-bond donors (Lipinski definition) is 3. The van der Waals surface area contributed by atoms with E-state index in [0.717, 1.165) is 4.47 Å². The Labute approximate surface area is 144 Å². The average molecular weight is 385 g/mol. The molecule has 0 aliphatic heterocycles. The lowest BCUT2D eigenvalue weighted by Gasteiger charge is -2.10. The van der Waals surface area contributed by atoms with Crippen LogP contribution in [0, 0.1) is 0 Å². The molecule has 0 fully saturated rings. The molecule has 6 heteroatoms. The predicted octanol–water partition coefficient (Wildman–Crippen LogP) is 2.99. The summed E-state index contributed by atoms with van der Waals surface area (Å²) in [6.07, 6.45) is -0.111. The summed E-state index contributed by atoms with van der Waals surface area (Å²) in [5.41, 5.74) is 4.00. The van der Waals surface area contributed by atoms with Crippen LogP contribution >= 0.6 is 15.9 Å². The van der Waals surface area contributed by atoms with Gasteiger partial charge in [-0.1, -0.05) is 15.9 Å². The maximum atomic E-state index is 11.3. The molecular formula is C17H21BrO5. The summed E-state index contributed by atoms with van der Waals surface area (Å²) < 4.78 is 5.48. The number of hydrogen-bond acceptors (Lipinski definition) is 5. The van der Waals surface area contributed by atoms with Crippen LogP contribution < -0.4 is 0 Å². The van der Waals surface area contributed by atoms with Gasteiger partial charge in [0.05, 0.1) is 12.7 Å². The zero-order valence-corrected chi connectivity index (χ0v) is 14.7. The predicted molar refractivity (Wildman–Crippen MR) is 89.9 cm³/mol. The summed E-state index contributed by atoms with van der Waals surface area (Å²) in [5, 5.41) is 29.5. The number of rotatable bonds is 7. The highest BCUT2D eigenvalue weighted by molar-refractivity contribution is 9.10. The van der Waals surface area contributed by atoms with E-state index < -0.39 is 18.2 Å². The van der Waals surface area contributed by atoms with Gasteiger partial charge in [0.15, 0.2) is 6.10 Å². The van der Waals surface area contributed by atoms with Crippen LogP contribution in [-0.4, -0.2) is 34.0 Å². The molecule has 3 N–H and O–H groups in total. The summed E-state index contributed by atoms with van der Waals surface area (Å²) in [5.74, 6) is -0.639. The Kier molecular flexibility index (Phi) is 8.06. The minimum atomic E-state index is -1.21. The lowest BCUT2D eigenvalue weighted by atomic mass is 10.0. The average Bonchev–Trinajstić information content (AvgIpc) is 2.49. The molecule has 5 nitrogen and oxygen atoms in total. The van der Waals surface area contributed by atoms with E-state index in [1.165, 1.54) is 6.07 Å². The van der Waals surface area contributed by atoms with Crippen molar-refractivity contribution in [3.05, 3.63) is 45.6 Å². The molecule has 0 amide bonds. The van der Waals surface area contributed by atoms with E-state index in [-0.39, 0.29) is 25.2 Å². The quantitative estimate of drug-likeness (QED) is 0.496. The Morgan fingerprint density at radius 1 is 1.43 bits per heavy atom. The number of aliphatic hydroxyl groups excluding tert-OH is 2. The Balaban J connectivity index is 2.65. The van der Waals surface area contributed by atoms with Crippen molar-refractivity contribution < 1.29 is 24.9 Å². The van der Waals surface area contributed by atoms with Crippen LogP contribution in [0.15, 0.2) is 40.1 Å². The lowest BCUT2D eigenvalue weighted by molar-refractivity contribution is -0.152. The summed E-state index contributed by atoms with van der Waals surface area (Å²) in [6, 6.07) is 4.83. The van der Waals surface area contributed by atoms with E-state index in [9.17, 15) is 20.1 Å². The molecule has 0 heterocycles. The largest absolute Gasteiger partial charge is 0.508 e. The molecule has 1 aromatic carbocycles. The first kappa shape index (κ1) is 19.5. The summed E-state index contributed by atoms with van der Waals surface area (Å²) in [6.45, 7) is 3.62. The molecule has 0 saturated heterocycles. The molecule has 0 radical (unpaired) electrons. The molecule has 0 aliphatic rings. The van der Waals surface area contributed by atoms with Crippen molar-refractivity contribution in [1.82, 2.24) is 0 Å². The Hall–Kier alpha value is -1.59. The van der Waals surface area contributed by atoms with Gasteiger partial charge in [-0.25, -0.2) is 4.79 Å². The van der Waals surface area contributed by atoms with Crippen molar-refractivity contribution in [2.45, 2.75) is 38.9 Å². The highest BCUT2D eigenvalue weighted by Gasteiger charge is 2.16. The molecule has 0 bridgehead atoms. The molecule has 0 spiro atoms. The third kappa shape index (κ3) is 6.59. The number of halogens is 1. The third-order valence-corrected chi connectivity index (χ3v) is 3.59. The Bertz CT molecular complexity index is 605. The van der Waals surface area contributed by atoms with Crippen LogP contribution in [0.5, 0.6) is 5.75 Å². The topological polar surface area (TPSA) is 87.0 Å². The van der Waals surface area contributed by atoms with Gasteiger partial charge in [-0.15, -0.1) is 5.73 Å². The highest BCUT2D eigenvalue weighted by atomic mass is 79.9. The maximum absolute atomic E-state index is 11.3. The van der Waals surface area contributed by atoms with Crippen LogP contribution in [0.3, 0.4) is 0 Å². The Morgan fingerprint density at radius 2 is 2.13 bits per heavy atom. The molecule has 1 aromatic rings. The fourth-order valence-electron chi connectivity index (χ4n) is 1.93. The molecule has 2 atom stereocenters. The number of benzene rings is 1. The van der Waals surface area contributed by atoms with Gasteiger partial charge < -0.3 is 20.1 Å². The first-order valence-electron chi connectivity index (χ1n) is 7.27. The fourth-order valence-corrected chi connectivity index (χ4v) is 2.31. The van der Waals surface area contributed by atoms with Gasteiger partial charge in [-0.2, -0.15) is 0 Å². The highest BCUT2D eigenvalue weighted by Crippen LogP contribution is 2.29. The molecule has 0 unspecified atom stereocenters. The normalized spacial score (nSPS) is 12.9. The van der Waals surface area contributed by atoms with Gasteiger partial charge in [-0.05, 0) is 43.7 Å².